The molecule has 0 heterocycles. The number of nitrogens with zero attached hydrogens (tertiary/aromatic N) is 1. The summed E-state index contributed by atoms with van der Waals surface area (Å²) in [7, 11) is 0. The van der Waals surface area contributed by atoms with Gasteiger partial charge < -0.3 is 10.4 Å². The summed E-state index contributed by atoms with van der Waals surface area (Å²) in [4.78, 5) is 10.2. The van der Waals surface area contributed by atoms with Gasteiger partial charge in [-0.25, -0.2) is 0 Å². The van der Waals surface area contributed by atoms with Crippen LogP contribution < -0.4 is 5.32 Å². The van der Waals surface area contributed by atoms with E-state index in [1.807, 2.05) is 6.92 Å². The van der Waals surface area contributed by atoms with E-state index in [0.717, 1.165) is 0 Å². The fourth-order valence-electron chi connectivity index (χ4n) is 1.18. The van der Waals surface area contributed by atoms with Crippen LogP contribution >= 0.6 is 11.6 Å². The summed E-state index contributed by atoms with van der Waals surface area (Å²) in [6.07, 6.45) is 0.0556. The fourth-order valence-corrected chi connectivity index (χ4v) is 1.35. The molecule has 0 aromatic heterocycles. The average Bonchev–Trinajstić information content (AvgIpc) is 2.25. The highest BCUT2D eigenvalue weighted by Crippen LogP contribution is 2.27. The maximum atomic E-state index is 10.7. The monoisotopic (exact) mass is 244 g/mol. The Labute approximate surface area is 98.2 Å². The summed E-state index contributed by atoms with van der Waals surface area (Å²) in [5.74, 6) is 0. The molecule has 0 aliphatic heterocycles. The fraction of sp³-hybridized carbons (Fsp3) is 0.400. The molecule has 88 valence electrons. The van der Waals surface area contributed by atoms with Crippen LogP contribution in [0.3, 0.4) is 0 Å². The van der Waals surface area contributed by atoms with Crippen LogP contribution in [0, 0.1) is 10.1 Å². The second-order valence-corrected chi connectivity index (χ2v) is 3.80. The van der Waals surface area contributed by atoms with E-state index in [-0.39, 0.29) is 12.2 Å². The lowest BCUT2D eigenvalue weighted by atomic mass is 10.2. The first-order valence-corrected chi connectivity index (χ1v) is 5.28. The van der Waals surface area contributed by atoms with Crippen molar-refractivity contribution in [1.82, 2.24) is 0 Å². The van der Waals surface area contributed by atoms with Crippen molar-refractivity contribution >= 4 is 23.0 Å². The van der Waals surface area contributed by atoms with Crippen molar-refractivity contribution in [2.75, 3.05) is 11.9 Å². The molecule has 1 rings (SSSR count). The number of hydrogen-bond donors (Lipinski definition) is 2. The quantitative estimate of drug-likeness (QED) is 0.616. The molecule has 0 fully saturated rings. The standard InChI is InChI=1S/C10H13ClN2O3/c1-2-8(14)6-12-9-5-7(11)3-4-10(9)13(15)16/h3-5,8,12,14H,2,6H2,1H3. The van der Waals surface area contributed by atoms with Gasteiger partial charge in [-0.2, -0.15) is 0 Å². The van der Waals surface area contributed by atoms with E-state index in [1.165, 1.54) is 18.2 Å². The molecule has 5 nitrogen and oxygen atoms in total. The van der Waals surface area contributed by atoms with E-state index in [4.69, 9.17) is 11.6 Å². The van der Waals surface area contributed by atoms with Gasteiger partial charge in [0.15, 0.2) is 0 Å². The number of aliphatic hydroxyl groups is 1. The number of hydrogen-bond acceptors (Lipinski definition) is 4. The van der Waals surface area contributed by atoms with Crippen LogP contribution in [0.4, 0.5) is 11.4 Å². The van der Waals surface area contributed by atoms with E-state index in [2.05, 4.69) is 5.32 Å². The molecule has 0 spiro atoms. The number of nitro groups is 1. The highest BCUT2D eigenvalue weighted by Gasteiger charge is 2.14. The summed E-state index contributed by atoms with van der Waals surface area (Å²) in [6, 6.07) is 4.27. The Bertz CT molecular complexity index is 384. The SMILES string of the molecule is CCC(O)CNc1cc(Cl)ccc1[N+](=O)[O-]. The molecular weight excluding hydrogens is 232 g/mol. The van der Waals surface area contributed by atoms with Crippen LogP contribution in [0.25, 0.3) is 0 Å². The van der Waals surface area contributed by atoms with Crippen molar-refractivity contribution in [1.29, 1.82) is 0 Å². The van der Waals surface area contributed by atoms with Gasteiger partial charge in [-0.1, -0.05) is 18.5 Å². The highest BCUT2D eigenvalue weighted by molar-refractivity contribution is 6.31. The number of nitrogens with one attached hydrogen (secondary N) is 1. The Morgan fingerprint density at radius 1 is 1.62 bits per heavy atom. The van der Waals surface area contributed by atoms with Gasteiger partial charge in [0.1, 0.15) is 5.69 Å². The molecule has 1 unspecified atom stereocenters. The Kier molecular flexibility index (Phi) is 4.52. The number of rotatable bonds is 5. The van der Waals surface area contributed by atoms with E-state index in [9.17, 15) is 15.2 Å². The van der Waals surface area contributed by atoms with E-state index in [0.29, 0.717) is 17.1 Å². The Hall–Kier alpha value is -1.33. The minimum Gasteiger partial charge on any atom is -0.391 e. The molecule has 2 N–H and O–H groups in total. The minimum atomic E-state index is -0.529. The molecule has 0 radical (unpaired) electrons. The molecule has 0 saturated heterocycles. The Balaban J connectivity index is 2.84. The molecule has 6 heteroatoms. The molecular formula is C10H13ClN2O3. The summed E-state index contributed by atoms with van der Waals surface area (Å²) >= 11 is 5.75. The summed E-state index contributed by atoms with van der Waals surface area (Å²) in [6.45, 7) is 2.09. The van der Waals surface area contributed by atoms with Gasteiger partial charge in [0.2, 0.25) is 0 Å². The molecule has 0 amide bonds. The Morgan fingerprint density at radius 2 is 2.31 bits per heavy atom. The second-order valence-electron chi connectivity index (χ2n) is 3.36. The van der Waals surface area contributed by atoms with Gasteiger partial charge >= 0.3 is 0 Å². The molecule has 1 aromatic carbocycles. The first kappa shape index (κ1) is 12.7. The molecule has 16 heavy (non-hydrogen) atoms. The van der Waals surface area contributed by atoms with Crippen LogP contribution in [0.5, 0.6) is 0 Å². The zero-order valence-electron chi connectivity index (χ0n) is 8.81. The van der Waals surface area contributed by atoms with Crippen molar-refractivity contribution in [2.24, 2.45) is 0 Å². The lowest BCUT2D eigenvalue weighted by molar-refractivity contribution is -0.384. The number of nitro benzene ring substituents is 1. The van der Waals surface area contributed by atoms with E-state index < -0.39 is 11.0 Å². The van der Waals surface area contributed by atoms with E-state index in [1.54, 1.807) is 0 Å². The van der Waals surface area contributed by atoms with Crippen LogP contribution in [0.2, 0.25) is 5.02 Å². The topological polar surface area (TPSA) is 75.4 Å². The molecule has 0 aliphatic carbocycles. The van der Waals surface area contributed by atoms with Crippen LogP contribution in [0.15, 0.2) is 18.2 Å². The average molecular weight is 245 g/mol. The number of halogens is 1. The van der Waals surface area contributed by atoms with Gasteiger partial charge in [0.05, 0.1) is 11.0 Å². The van der Waals surface area contributed by atoms with Crippen LogP contribution in [-0.2, 0) is 0 Å². The molecule has 0 saturated carbocycles. The number of aliphatic hydroxyl groups excluding tert-OH is 1. The second kappa shape index (κ2) is 5.67. The maximum Gasteiger partial charge on any atom is 0.292 e. The van der Waals surface area contributed by atoms with Crippen molar-refractivity contribution in [2.45, 2.75) is 19.4 Å². The number of benzene rings is 1. The zero-order chi connectivity index (χ0) is 12.1. The lowest BCUT2D eigenvalue weighted by Gasteiger charge is -2.10. The van der Waals surface area contributed by atoms with Gasteiger partial charge in [-0.05, 0) is 18.6 Å². The first-order valence-electron chi connectivity index (χ1n) is 4.90. The third-order valence-electron chi connectivity index (χ3n) is 2.15. The van der Waals surface area contributed by atoms with Gasteiger partial charge in [-0.15, -0.1) is 0 Å². The van der Waals surface area contributed by atoms with Gasteiger partial charge in [0.25, 0.3) is 5.69 Å². The summed E-state index contributed by atoms with van der Waals surface area (Å²) < 4.78 is 0. The molecule has 0 aliphatic rings. The van der Waals surface area contributed by atoms with Gasteiger partial charge in [0, 0.05) is 17.6 Å². The predicted molar refractivity (Wildman–Crippen MR) is 62.9 cm³/mol. The highest BCUT2D eigenvalue weighted by atomic mass is 35.5. The summed E-state index contributed by atoms with van der Waals surface area (Å²) in [5, 5.41) is 23.3. The van der Waals surface area contributed by atoms with Gasteiger partial charge in [-0.3, -0.25) is 10.1 Å². The maximum absolute atomic E-state index is 10.7. The predicted octanol–water partition coefficient (Wildman–Crippen LogP) is 2.43. The molecule has 0 bridgehead atoms. The molecule has 1 aromatic rings. The van der Waals surface area contributed by atoms with Crippen molar-refractivity contribution < 1.29 is 10.0 Å². The van der Waals surface area contributed by atoms with Crippen molar-refractivity contribution in [3.63, 3.8) is 0 Å². The van der Waals surface area contributed by atoms with Crippen LogP contribution in [0.1, 0.15) is 13.3 Å². The third kappa shape index (κ3) is 3.36. The third-order valence-corrected chi connectivity index (χ3v) is 2.39. The van der Waals surface area contributed by atoms with E-state index >= 15 is 0 Å². The normalized spacial score (nSPS) is 12.2. The first-order chi connectivity index (χ1) is 7.54. The Morgan fingerprint density at radius 3 is 2.88 bits per heavy atom. The minimum absolute atomic E-state index is 0.0484. The van der Waals surface area contributed by atoms with Crippen LogP contribution in [-0.4, -0.2) is 22.7 Å². The molecule has 1 atom stereocenters. The number of anilines is 1. The summed E-state index contributed by atoms with van der Waals surface area (Å²) in [5.41, 5.74) is 0.276. The largest absolute Gasteiger partial charge is 0.391 e. The lowest BCUT2D eigenvalue weighted by Crippen LogP contribution is -2.18. The van der Waals surface area contributed by atoms with Crippen molar-refractivity contribution in [3.8, 4) is 0 Å². The smallest absolute Gasteiger partial charge is 0.292 e. The van der Waals surface area contributed by atoms with Crippen molar-refractivity contribution in [3.05, 3.63) is 33.3 Å². The zero-order valence-corrected chi connectivity index (χ0v) is 9.57.